The Morgan fingerprint density at radius 3 is 2.68 bits per heavy atom. The molecule has 0 saturated carbocycles. The number of methoxy groups -OCH3 is 1. The molecule has 5 rings (SSSR count). The molecule has 3 aromatic carbocycles. The van der Waals surface area contributed by atoms with Gasteiger partial charge in [-0.05, 0) is 64.8 Å². The summed E-state index contributed by atoms with van der Waals surface area (Å²) in [4.78, 5) is 17.9. The summed E-state index contributed by atoms with van der Waals surface area (Å²) in [5.74, 6) is 1.22. The fourth-order valence-corrected chi connectivity index (χ4v) is 5.28. The zero-order valence-corrected chi connectivity index (χ0v) is 23.4. The van der Waals surface area contributed by atoms with E-state index in [0.717, 1.165) is 11.1 Å². The molecular formula is C27H22BrCl2N5O3. The first-order chi connectivity index (χ1) is 18.4. The average molecular weight is 615 g/mol. The molecule has 1 aromatic heterocycles. The lowest BCUT2D eigenvalue weighted by Crippen LogP contribution is -2.31. The van der Waals surface area contributed by atoms with Crippen LogP contribution in [0, 0.1) is 0 Å². The van der Waals surface area contributed by atoms with Gasteiger partial charge in [0.2, 0.25) is 5.95 Å². The number of nitrogens with zero attached hydrogens (tertiary/aromatic N) is 3. The number of para-hydroxylation sites is 1. The number of amides is 1. The van der Waals surface area contributed by atoms with Crippen LogP contribution in [0.15, 0.2) is 82.7 Å². The Hall–Kier alpha value is -3.53. The lowest BCUT2D eigenvalue weighted by Gasteiger charge is -2.29. The van der Waals surface area contributed by atoms with Gasteiger partial charge >= 0.3 is 0 Å². The quantitative estimate of drug-likeness (QED) is 0.236. The molecule has 1 unspecified atom stereocenters. The number of benzene rings is 3. The molecule has 0 fully saturated rings. The van der Waals surface area contributed by atoms with E-state index in [1.165, 1.54) is 6.33 Å². The molecule has 0 radical (unpaired) electrons. The molecule has 38 heavy (non-hydrogen) atoms. The van der Waals surface area contributed by atoms with Crippen LogP contribution >= 0.6 is 39.1 Å². The zero-order chi connectivity index (χ0) is 26.8. The molecule has 0 aliphatic carbocycles. The number of nitrogens with one attached hydrogen (secondary N) is 2. The van der Waals surface area contributed by atoms with Crippen LogP contribution in [0.1, 0.15) is 24.1 Å². The van der Waals surface area contributed by atoms with E-state index in [1.807, 2.05) is 55.5 Å². The standard InChI is InChI=1S/C27H22BrCl2N5O3/c1-15-23(26(36)34-19-6-4-3-5-7-19)24(35-27(33-15)31-14-32-35)17-10-20(28)25(22(11-17)37-2)38-13-16-8-9-18(29)12-21(16)30/h3-12,14,24H,13H2,1-2H3,(H,34,36)(H,31,32,33). The molecule has 1 aliphatic rings. The second kappa shape index (κ2) is 11.1. The van der Waals surface area contributed by atoms with Gasteiger partial charge in [0.1, 0.15) is 19.0 Å². The molecule has 1 atom stereocenters. The number of ether oxygens (including phenoxy) is 2. The first-order valence-electron chi connectivity index (χ1n) is 11.5. The maximum Gasteiger partial charge on any atom is 0.255 e. The fraction of sp³-hybridized carbons (Fsp3) is 0.148. The predicted molar refractivity (Wildman–Crippen MR) is 151 cm³/mol. The number of rotatable bonds is 7. The first kappa shape index (κ1) is 26.1. The van der Waals surface area contributed by atoms with Crippen LogP contribution in [0.25, 0.3) is 0 Å². The number of fused-ring (bicyclic) bond motifs is 1. The molecular weight excluding hydrogens is 593 g/mol. The first-order valence-corrected chi connectivity index (χ1v) is 13.1. The summed E-state index contributed by atoms with van der Waals surface area (Å²) < 4.78 is 14.1. The van der Waals surface area contributed by atoms with Crippen molar-refractivity contribution in [3.63, 3.8) is 0 Å². The lowest BCUT2D eigenvalue weighted by atomic mass is 9.94. The maximum atomic E-state index is 13.6. The Labute approximate surface area is 237 Å². The monoisotopic (exact) mass is 613 g/mol. The van der Waals surface area contributed by atoms with Gasteiger partial charge in [0.15, 0.2) is 11.5 Å². The van der Waals surface area contributed by atoms with Crippen molar-refractivity contribution in [1.82, 2.24) is 14.8 Å². The number of carbonyl (C=O) groups excluding carboxylic acids is 1. The average Bonchev–Trinajstić information content (AvgIpc) is 3.36. The third-order valence-corrected chi connectivity index (χ3v) is 7.20. The molecule has 11 heteroatoms. The second-order valence-corrected chi connectivity index (χ2v) is 10.2. The van der Waals surface area contributed by atoms with Crippen LogP contribution in [0.4, 0.5) is 11.6 Å². The van der Waals surface area contributed by atoms with Gasteiger partial charge in [-0.2, -0.15) is 10.1 Å². The predicted octanol–water partition coefficient (Wildman–Crippen LogP) is 6.86. The molecule has 0 spiro atoms. The highest BCUT2D eigenvalue weighted by atomic mass is 79.9. The van der Waals surface area contributed by atoms with Crippen molar-refractivity contribution in [3.8, 4) is 11.5 Å². The number of allylic oxidation sites excluding steroid dienone is 1. The molecule has 1 aliphatic heterocycles. The topological polar surface area (TPSA) is 90.3 Å². The molecule has 4 aromatic rings. The van der Waals surface area contributed by atoms with Crippen LogP contribution < -0.4 is 20.1 Å². The van der Waals surface area contributed by atoms with Gasteiger partial charge in [-0.25, -0.2) is 4.68 Å². The third-order valence-electron chi connectivity index (χ3n) is 6.03. The van der Waals surface area contributed by atoms with Crippen LogP contribution in [0.3, 0.4) is 0 Å². The molecule has 1 amide bonds. The van der Waals surface area contributed by atoms with E-state index in [1.54, 1.807) is 23.9 Å². The Bertz CT molecular complexity index is 1540. The summed E-state index contributed by atoms with van der Waals surface area (Å²) in [5.41, 5.74) is 3.36. The molecule has 2 N–H and O–H groups in total. The molecule has 2 heterocycles. The summed E-state index contributed by atoms with van der Waals surface area (Å²) in [5, 5.41) is 11.6. The van der Waals surface area contributed by atoms with E-state index in [-0.39, 0.29) is 12.5 Å². The van der Waals surface area contributed by atoms with E-state index in [4.69, 9.17) is 32.7 Å². The van der Waals surface area contributed by atoms with Crippen molar-refractivity contribution in [2.24, 2.45) is 0 Å². The van der Waals surface area contributed by atoms with Crippen molar-refractivity contribution in [2.75, 3.05) is 17.7 Å². The highest BCUT2D eigenvalue weighted by Gasteiger charge is 2.34. The van der Waals surface area contributed by atoms with Crippen LogP contribution in [-0.4, -0.2) is 27.8 Å². The van der Waals surface area contributed by atoms with Crippen molar-refractivity contribution in [2.45, 2.75) is 19.6 Å². The number of hydrogen-bond acceptors (Lipinski definition) is 6. The van der Waals surface area contributed by atoms with Gasteiger partial charge in [-0.15, -0.1) is 0 Å². The SMILES string of the molecule is COc1cc(C2C(C(=O)Nc3ccccc3)=C(C)Nc3ncnn32)cc(Br)c1OCc1ccc(Cl)cc1Cl. The summed E-state index contributed by atoms with van der Waals surface area (Å²) in [6.07, 6.45) is 1.44. The number of carbonyl (C=O) groups is 1. The Morgan fingerprint density at radius 1 is 1.16 bits per heavy atom. The highest BCUT2D eigenvalue weighted by Crippen LogP contribution is 2.43. The van der Waals surface area contributed by atoms with Crippen molar-refractivity contribution >= 4 is 56.7 Å². The van der Waals surface area contributed by atoms with Gasteiger partial charge in [-0.1, -0.05) is 47.5 Å². The van der Waals surface area contributed by atoms with E-state index in [2.05, 4.69) is 36.6 Å². The van der Waals surface area contributed by atoms with Gasteiger partial charge in [0, 0.05) is 27.0 Å². The largest absolute Gasteiger partial charge is 0.493 e. The zero-order valence-electron chi connectivity index (χ0n) is 20.3. The summed E-state index contributed by atoms with van der Waals surface area (Å²) >= 11 is 16.0. The fourth-order valence-electron chi connectivity index (χ4n) is 4.24. The Kier molecular flexibility index (Phi) is 7.60. The van der Waals surface area contributed by atoms with Crippen LogP contribution in [-0.2, 0) is 11.4 Å². The van der Waals surface area contributed by atoms with Gasteiger partial charge in [0.05, 0.1) is 17.2 Å². The third kappa shape index (κ3) is 5.22. The van der Waals surface area contributed by atoms with Gasteiger partial charge in [0.25, 0.3) is 5.91 Å². The number of aromatic nitrogens is 3. The van der Waals surface area contributed by atoms with E-state index in [9.17, 15) is 4.79 Å². The van der Waals surface area contributed by atoms with Gasteiger partial charge in [-0.3, -0.25) is 4.79 Å². The minimum absolute atomic E-state index is 0.203. The highest BCUT2D eigenvalue weighted by molar-refractivity contribution is 9.10. The molecule has 194 valence electrons. The number of hydrogen-bond donors (Lipinski definition) is 2. The Balaban J connectivity index is 1.51. The Morgan fingerprint density at radius 2 is 1.95 bits per heavy atom. The van der Waals surface area contributed by atoms with Crippen LogP contribution in [0.2, 0.25) is 10.0 Å². The van der Waals surface area contributed by atoms with E-state index < -0.39 is 6.04 Å². The van der Waals surface area contributed by atoms with Crippen molar-refractivity contribution < 1.29 is 14.3 Å². The van der Waals surface area contributed by atoms with Crippen molar-refractivity contribution in [1.29, 1.82) is 0 Å². The van der Waals surface area contributed by atoms with E-state index >= 15 is 0 Å². The van der Waals surface area contributed by atoms with Crippen molar-refractivity contribution in [3.05, 3.63) is 104 Å². The van der Waals surface area contributed by atoms with Crippen LogP contribution in [0.5, 0.6) is 11.5 Å². The molecule has 0 saturated heterocycles. The molecule has 8 nitrogen and oxygen atoms in total. The maximum absolute atomic E-state index is 13.6. The molecule has 0 bridgehead atoms. The normalized spacial score (nSPS) is 14.5. The van der Waals surface area contributed by atoms with Gasteiger partial charge < -0.3 is 20.1 Å². The number of halogens is 3. The smallest absolute Gasteiger partial charge is 0.255 e. The summed E-state index contributed by atoms with van der Waals surface area (Å²) in [6, 6.07) is 17.6. The lowest BCUT2D eigenvalue weighted by molar-refractivity contribution is -0.113. The summed E-state index contributed by atoms with van der Waals surface area (Å²) in [7, 11) is 1.56. The number of anilines is 2. The van der Waals surface area contributed by atoms with E-state index in [0.29, 0.717) is 48.9 Å². The minimum Gasteiger partial charge on any atom is -0.493 e. The minimum atomic E-state index is -0.581. The summed E-state index contributed by atoms with van der Waals surface area (Å²) in [6.45, 7) is 2.04. The second-order valence-electron chi connectivity index (χ2n) is 8.47.